The highest BCUT2D eigenvalue weighted by atomic mass is 35.5. The fourth-order valence-electron chi connectivity index (χ4n) is 1.88. The largest absolute Gasteiger partial charge is 0.467 e. The molecule has 0 aliphatic heterocycles. The van der Waals surface area contributed by atoms with Crippen LogP contribution in [0, 0.1) is 0 Å². The molecule has 1 amide bonds. The lowest BCUT2D eigenvalue weighted by Crippen LogP contribution is -2.42. The number of benzene rings is 1. The molecule has 0 aliphatic rings. The number of carbonyl (C=O) groups is 2. The molecular formula is C15H20ClNO5S2. The van der Waals surface area contributed by atoms with Crippen molar-refractivity contribution in [2.24, 2.45) is 0 Å². The fraction of sp³-hybridized carbons (Fsp3) is 0.467. The molecule has 0 heterocycles. The number of hydrogen-bond donors (Lipinski definition) is 1. The Labute approximate surface area is 151 Å². The predicted octanol–water partition coefficient (Wildman–Crippen LogP) is 1.91. The zero-order valence-electron chi connectivity index (χ0n) is 13.5. The Balaban J connectivity index is 2.63. The first kappa shape index (κ1) is 20.8. The van der Waals surface area contributed by atoms with Gasteiger partial charge in [-0.05, 0) is 42.7 Å². The number of sulfone groups is 1. The molecule has 1 atom stereocenters. The molecule has 134 valence electrons. The lowest BCUT2D eigenvalue weighted by molar-refractivity contribution is -0.145. The van der Waals surface area contributed by atoms with E-state index in [2.05, 4.69) is 10.1 Å². The van der Waals surface area contributed by atoms with Gasteiger partial charge in [0.15, 0.2) is 9.84 Å². The van der Waals surface area contributed by atoms with Crippen LogP contribution in [0.1, 0.15) is 12.8 Å². The van der Waals surface area contributed by atoms with Gasteiger partial charge in [-0.1, -0.05) is 11.6 Å². The summed E-state index contributed by atoms with van der Waals surface area (Å²) in [6, 6.07) is 4.97. The van der Waals surface area contributed by atoms with Gasteiger partial charge in [-0.25, -0.2) is 13.2 Å². The van der Waals surface area contributed by atoms with E-state index in [1.54, 1.807) is 0 Å². The van der Waals surface area contributed by atoms with Gasteiger partial charge in [-0.2, -0.15) is 11.8 Å². The minimum Gasteiger partial charge on any atom is -0.467 e. The second-order valence-electron chi connectivity index (χ2n) is 4.95. The zero-order chi connectivity index (χ0) is 18.2. The van der Waals surface area contributed by atoms with Crippen molar-refractivity contribution in [1.82, 2.24) is 5.32 Å². The van der Waals surface area contributed by atoms with Crippen molar-refractivity contribution in [2.45, 2.75) is 23.8 Å². The van der Waals surface area contributed by atoms with E-state index in [-0.39, 0.29) is 17.1 Å². The summed E-state index contributed by atoms with van der Waals surface area (Å²) < 4.78 is 29.0. The summed E-state index contributed by atoms with van der Waals surface area (Å²) in [7, 11) is -2.35. The summed E-state index contributed by atoms with van der Waals surface area (Å²) in [5.74, 6) is -0.734. The quantitative estimate of drug-likeness (QED) is 0.644. The van der Waals surface area contributed by atoms with Gasteiger partial charge < -0.3 is 10.1 Å². The molecule has 0 bridgehead atoms. The Kier molecular flexibility index (Phi) is 8.58. The number of amides is 1. The van der Waals surface area contributed by atoms with Gasteiger partial charge in [0, 0.05) is 11.4 Å². The normalized spacial score (nSPS) is 12.5. The molecule has 1 N–H and O–H groups in total. The summed E-state index contributed by atoms with van der Waals surface area (Å²) in [6.07, 6.45) is 2.07. The molecular weight excluding hydrogens is 374 g/mol. The van der Waals surface area contributed by atoms with Crippen LogP contribution in [0.3, 0.4) is 0 Å². The van der Waals surface area contributed by atoms with Gasteiger partial charge in [0.2, 0.25) is 5.91 Å². The maximum atomic E-state index is 12.2. The molecule has 0 spiro atoms. The molecule has 0 fully saturated rings. The molecule has 6 nitrogen and oxygen atoms in total. The number of carbonyl (C=O) groups excluding carboxylic acids is 2. The van der Waals surface area contributed by atoms with E-state index < -0.39 is 27.8 Å². The van der Waals surface area contributed by atoms with E-state index in [1.807, 2.05) is 6.26 Å². The lowest BCUT2D eigenvalue weighted by atomic mass is 10.2. The van der Waals surface area contributed by atoms with Crippen LogP contribution in [0.25, 0.3) is 0 Å². The van der Waals surface area contributed by atoms with Gasteiger partial charge in [-0.15, -0.1) is 0 Å². The SMILES string of the molecule is COC(=O)[C@H](CCSC)NC(=O)CCS(=O)(=O)c1ccc(Cl)cc1. The third-order valence-electron chi connectivity index (χ3n) is 3.20. The van der Waals surface area contributed by atoms with Crippen LogP contribution in [0.4, 0.5) is 0 Å². The molecule has 1 rings (SSSR count). The summed E-state index contributed by atoms with van der Waals surface area (Å²) in [4.78, 5) is 23.7. The Bertz CT molecular complexity index is 661. The van der Waals surface area contributed by atoms with Crippen molar-refractivity contribution in [3.8, 4) is 0 Å². The maximum Gasteiger partial charge on any atom is 0.328 e. The number of halogens is 1. The molecule has 9 heteroatoms. The van der Waals surface area contributed by atoms with Crippen molar-refractivity contribution in [2.75, 3.05) is 24.9 Å². The van der Waals surface area contributed by atoms with E-state index in [4.69, 9.17) is 11.6 Å². The predicted molar refractivity (Wildman–Crippen MR) is 95.1 cm³/mol. The van der Waals surface area contributed by atoms with Crippen LogP contribution in [0.15, 0.2) is 29.2 Å². The fourth-order valence-corrected chi connectivity index (χ4v) is 3.72. The average molecular weight is 394 g/mol. The lowest BCUT2D eigenvalue weighted by Gasteiger charge is -2.16. The molecule has 0 aliphatic carbocycles. The number of nitrogens with one attached hydrogen (secondary N) is 1. The van der Waals surface area contributed by atoms with E-state index in [1.165, 1.54) is 43.1 Å². The third-order valence-corrected chi connectivity index (χ3v) is 5.83. The van der Waals surface area contributed by atoms with Crippen LogP contribution in [-0.4, -0.2) is 51.2 Å². The third kappa shape index (κ3) is 6.70. The van der Waals surface area contributed by atoms with Crippen LogP contribution in [-0.2, 0) is 24.2 Å². The number of ether oxygens (including phenoxy) is 1. The smallest absolute Gasteiger partial charge is 0.328 e. The average Bonchev–Trinajstić information content (AvgIpc) is 2.56. The molecule has 0 unspecified atom stereocenters. The van der Waals surface area contributed by atoms with Crippen LogP contribution < -0.4 is 5.32 Å². The Morgan fingerprint density at radius 1 is 1.29 bits per heavy atom. The van der Waals surface area contributed by atoms with Gasteiger partial charge in [0.05, 0.1) is 17.8 Å². The molecule has 1 aromatic rings. The number of hydrogen-bond acceptors (Lipinski definition) is 6. The zero-order valence-corrected chi connectivity index (χ0v) is 15.8. The summed E-state index contributed by atoms with van der Waals surface area (Å²) >= 11 is 7.26. The molecule has 0 radical (unpaired) electrons. The highest BCUT2D eigenvalue weighted by Gasteiger charge is 2.22. The first-order valence-electron chi connectivity index (χ1n) is 7.14. The summed E-state index contributed by atoms with van der Waals surface area (Å²) in [6.45, 7) is 0. The first-order valence-corrected chi connectivity index (χ1v) is 10.6. The summed E-state index contributed by atoms with van der Waals surface area (Å²) in [5.41, 5.74) is 0. The van der Waals surface area contributed by atoms with Crippen LogP contribution in [0.5, 0.6) is 0 Å². The second-order valence-corrected chi connectivity index (χ2v) is 8.48. The standard InChI is InChI=1S/C15H20ClNO5S2/c1-22-15(19)13(7-9-23-2)17-14(18)8-10-24(20,21)12-5-3-11(16)4-6-12/h3-6,13H,7-10H2,1-2H3,(H,17,18)/t13-/m0/s1. The van der Waals surface area contributed by atoms with Crippen molar-refractivity contribution in [3.63, 3.8) is 0 Å². The monoisotopic (exact) mass is 393 g/mol. The Hall–Kier alpha value is -1.25. The number of esters is 1. The molecule has 0 aromatic heterocycles. The maximum absolute atomic E-state index is 12.2. The van der Waals surface area contributed by atoms with Crippen LogP contribution >= 0.6 is 23.4 Å². The van der Waals surface area contributed by atoms with Crippen molar-refractivity contribution >= 4 is 45.1 Å². The van der Waals surface area contributed by atoms with Crippen LogP contribution in [0.2, 0.25) is 5.02 Å². The molecule has 24 heavy (non-hydrogen) atoms. The molecule has 1 aromatic carbocycles. The van der Waals surface area contributed by atoms with Gasteiger partial charge in [-0.3, -0.25) is 4.79 Å². The molecule has 0 saturated carbocycles. The van der Waals surface area contributed by atoms with Gasteiger partial charge in [0.1, 0.15) is 6.04 Å². The van der Waals surface area contributed by atoms with E-state index in [0.717, 1.165) is 0 Å². The minimum absolute atomic E-state index is 0.103. The van der Waals surface area contributed by atoms with E-state index in [0.29, 0.717) is 17.2 Å². The van der Waals surface area contributed by atoms with E-state index in [9.17, 15) is 18.0 Å². The van der Waals surface area contributed by atoms with Crippen molar-refractivity contribution < 1.29 is 22.7 Å². The molecule has 0 saturated heterocycles. The summed E-state index contributed by atoms with van der Waals surface area (Å²) in [5, 5.41) is 2.96. The van der Waals surface area contributed by atoms with Gasteiger partial charge >= 0.3 is 5.97 Å². The highest BCUT2D eigenvalue weighted by molar-refractivity contribution is 7.98. The second kappa shape index (κ2) is 9.90. The van der Waals surface area contributed by atoms with Crippen molar-refractivity contribution in [1.29, 1.82) is 0 Å². The van der Waals surface area contributed by atoms with Gasteiger partial charge in [0.25, 0.3) is 0 Å². The van der Waals surface area contributed by atoms with E-state index >= 15 is 0 Å². The number of rotatable bonds is 9. The number of methoxy groups -OCH3 is 1. The highest BCUT2D eigenvalue weighted by Crippen LogP contribution is 2.16. The topological polar surface area (TPSA) is 89.5 Å². The Morgan fingerprint density at radius 2 is 1.92 bits per heavy atom. The minimum atomic E-state index is -3.59. The van der Waals surface area contributed by atoms with Crippen molar-refractivity contribution in [3.05, 3.63) is 29.3 Å². The first-order chi connectivity index (χ1) is 11.3. The number of thioether (sulfide) groups is 1. The Morgan fingerprint density at radius 3 is 2.46 bits per heavy atom.